The predicted molar refractivity (Wildman–Crippen MR) is 106 cm³/mol. The van der Waals surface area contributed by atoms with Crippen molar-refractivity contribution in [3.63, 3.8) is 0 Å². The first-order valence-electron chi connectivity index (χ1n) is 8.28. The molecule has 3 rings (SSSR count). The molecule has 1 N–H and O–H groups in total. The number of sulfonamides is 1. The van der Waals surface area contributed by atoms with Crippen molar-refractivity contribution in [3.05, 3.63) is 39.4 Å². The molecule has 0 spiro atoms. The Morgan fingerprint density at radius 1 is 1.30 bits per heavy atom. The van der Waals surface area contributed by atoms with E-state index in [2.05, 4.69) is 5.32 Å². The Labute approximate surface area is 167 Å². The monoisotopic (exact) mass is 448 g/mol. The Hall–Kier alpha value is -1.27. The number of sulfone groups is 1. The van der Waals surface area contributed by atoms with Gasteiger partial charge in [-0.25, -0.2) is 16.8 Å². The molecular formula is C16H20N2O5S4. The molecule has 0 bridgehead atoms. The van der Waals surface area contributed by atoms with Gasteiger partial charge >= 0.3 is 0 Å². The Bertz CT molecular complexity index is 1010. The number of carbonyl (C=O) groups is 1. The van der Waals surface area contributed by atoms with Crippen LogP contribution in [0.2, 0.25) is 0 Å². The SMILES string of the molecule is CC(=O)NCc1ccc(S(=O)(=O)N2CCC(c3cccs3)S(=O)(=O)CC2)s1. The first-order chi connectivity index (χ1) is 12.7. The van der Waals surface area contributed by atoms with Gasteiger partial charge in [0.2, 0.25) is 5.91 Å². The van der Waals surface area contributed by atoms with Crippen LogP contribution < -0.4 is 5.32 Å². The highest BCUT2D eigenvalue weighted by atomic mass is 32.2. The largest absolute Gasteiger partial charge is 0.351 e. The van der Waals surface area contributed by atoms with Crippen LogP contribution in [0.5, 0.6) is 0 Å². The van der Waals surface area contributed by atoms with Crippen LogP contribution in [0.25, 0.3) is 0 Å². The van der Waals surface area contributed by atoms with Gasteiger partial charge in [-0.2, -0.15) is 4.31 Å². The van der Waals surface area contributed by atoms with Gasteiger partial charge in [-0.15, -0.1) is 22.7 Å². The third-order valence-corrected chi connectivity index (χ3v) is 11.0. The van der Waals surface area contributed by atoms with Gasteiger partial charge in [0.25, 0.3) is 10.0 Å². The van der Waals surface area contributed by atoms with Gasteiger partial charge in [0.05, 0.1) is 17.5 Å². The smallest absolute Gasteiger partial charge is 0.252 e. The topological polar surface area (TPSA) is 101 Å². The van der Waals surface area contributed by atoms with E-state index in [0.717, 1.165) is 21.1 Å². The summed E-state index contributed by atoms with van der Waals surface area (Å²) in [6.45, 7) is 1.77. The minimum atomic E-state index is -3.77. The molecule has 1 unspecified atom stereocenters. The molecule has 2 aromatic rings. The fourth-order valence-corrected chi connectivity index (χ4v) is 8.91. The zero-order chi connectivity index (χ0) is 19.7. The predicted octanol–water partition coefficient (Wildman–Crippen LogP) is 2.00. The van der Waals surface area contributed by atoms with Crippen molar-refractivity contribution < 1.29 is 21.6 Å². The Morgan fingerprint density at radius 3 is 2.74 bits per heavy atom. The number of nitrogens with one attached hydrogen (secondary N) is 1. The van der Waals surface area contributed by atoms with E-state index in [4.69, 9.17) is 0 Å². The second kappa shape index (κ2) is 8.00. The molecule has 1 atom stereocenters. The summed E-state index contributed by atoms with van der Waals surface area (Å²) in [4.78, 5) is 12.5. The summed E-state index contributed by atoms with van der Waals surface area (Å²) < 4.78 is 52.5. The second-order valence-corrected chi connectivity index (χ2v) is 12.8. The van der Waals surface area contributed by atoms with Gasteiger partial charge in [-0.05, 0) is 30.0 Å². The summed E-state index contributed by atoms with van der Waals surface area (Å²) in [6, 6.07) is 6.76. The average Bonchev–Trinajstić information content (AvgIpc) is 3.25. The Kier molecular flexibility index (Phi) is 6.06. The van der Waals surface area contributed by atoms with E-state index >= 15 is 0 Å². The van der Waals surface area contributed by atoms with Crippen molar-refractivity contribution in [3.8, 4) is 0 Å². The number of nitrogens with zero attached hydrogens (tertiary/aromatic N) is 1. The summed E-state index contributed by atoms with van der Waals surface area (Å²) in [5.74, 6) is -0.385. The summed E-state index contributed by atoms with van der Waals surface area (Å²) in [6.07, 6.45) is 0.242. The maximum atomic E-state index is 13.0. The summed E-state index contributed by atoms with van der Waals surface area (Å²) in [7, 11) is -7.18. The molecule has 1 amide bonds. The van der Waals surface area contributed by atoms with E-state index in [1.54, 1.807) is 18.2 Å². The maximum absolute atomic E-state index is 13.0. The molecule has 1 aliphatic heterocycles. The quantitative estimate of drug-likeness (QED) is 0.754. The van der Waals surface area contributed by atoms with E-state index in [-0.39, 0.29) is 41.9 Å². The number of hydrogen-bond donors (Lipinski definition) is 1. The molecule has 0 aliphatic carbocycles. The van der Waals surface area contributed by atoms with Gasteiger partial charge in [0.1, 0.15) is 4.21 Å². The summed E-state index contributed by atoms with van der Waals surface area (Å²) in [5, 5.41) is 3.80. The molecule has 1 fully saturated rings. The van der Waals surface area contributed by atoms with Crippen LogP contribution in [0, 0.1) is 0 Å². The van der Waals surface area contributed by atoms with Crippen LogP contribution in [-0.2, 0) is 31.2 Å². The number of carbonyl (C=O) groups excluding carboxylic acids is 1. The molecule has 0 aromatic carbocycles. The van der Waals surface area contributed by atoms with E-state index in [1.165, 1.54) is 28.6 Å². The minimum Gasteiger partial charge on any atom is -0.351 e. The zero-order valence-corrected chi connectivity index (χ0v) is 17.9. The molecule has 0 radical (unpaired) electrons. The van der Waals surface area contributed by atoms with Crippen LogP contribution in [-0.4, -0.2) is 45.9 Å². The highest BCUT2D eigenvalue weighted by molar-refractivity contribution is 7.92. The fourth-order valence-electron chi connectivity index (χ4n) is 2.89. The third-order valence-electron chi connectivity index (χ3n) is 4.30. The van der Waals surface area contributed by atoms with Gasteiger partial charge < -0.3 is 5.32 Å². The van der Waals surface area contributed by atoms with Crippen LogP contribution in [0.1, 0.15) is 28.3 Å². The molecule has 11 heteroatoms. The summed E-state index contributed by atoms with van der Waals surface area (Å²) in [5.41, 5.74) is 0. The number of rotatable bonds is 5. The van der Waals surface area contributed by atoms with Crippen LogP contribution in [0.3, 0.4) is 0 Å². The van der Waals surface area contributed by atoms with Gasteiger partial charge in [0.15, 0.2) is 9.84 Å². The molecule has 0 saturated carbocycles. The van der Waals surface area contributed by atoms with E-state index in [1.807, 2.05) is 5.38 Å². The van der Waals surface area contributed by atoms with Gasteiger partial charge in [0, 0.05) is 29.8 Å². The second-order valence-electron chi connectivity index (χ2n) is 6.19. The highest BCUT2D eigenvalue weighted by Gasteiger charge is 2.36. The highest BCUT2D eigenvalue weighted by Crippen LogP contribution is 2.34. The van der Waals surface area contributed by atoms with Crippen molar-refractivity contribution in [2.75, 3.05) is 18.8 Å². The first kappa shape index (κ1) is 20.5. The molecule has 2 aromatic heterocycles. The average molecular weight is 449 g/mol. The molecule has 1 aliphatic rings. The fraction of sp³-hybridized carbons (Fsp3) is 0.438. The lowest BCUT2D eigenvalue weighted by Gasteiger charge is -2.18. The molecule has 7 nitrogen and oxygen atoms in total. The lowest BCUT2D eigenvalue weighted by Crippen LogP contribution is -2.33. The van der Waals surface area contributed by atoms with Crippen LogP contribution in [0.15, 0.2) is 33.9 Å². The lowest BCUT2D eigenvalue weighted by atomic mass is 10.2. The van der Waals surface area contributed by atoms with Crippen molar-refractivity contribution >= 4 is 48.4 Å². The molecular weight excluding hydrogens is 428 g/mol. The standard InChI is InChI=1S/C16H20N2O5S4/c1-12(19)17-11-13-4-5-16(25-13)27(22,23)18-7-6-15(14-3-2-9-24-14)26(20,21)10-8-18/h2-5,9,15H,6-8,10-11H2,1H3,(H,17,19). The molecule has 27 heavy (non-hydrogen) atoms. The lowest BCUT2D eigenvalue weighted by molar-refractivity contribution is -0.119. The maximum Gasteiger partial charge on any atom is 0.252 e. The van der Waals surface area contributed by atoms with Crippen LogP contribution >= 0.6 is 22.7 Å². The normalized spacial score (nSPS) is 20.9. The first-order valence-corrected chi connectivity index (χ1v) is 13.1. The number of amides is 1. The van der Waals surface area contributed by atoms with Gasteiger partial charge in [-0.1, -0.05) is 6.07 Å². The molecule has 148 valence electrons. The van der Waals surface area contributed by atoms with E-state index in [9.17, 15) is 21.6 Å². The van der Waals surface area contributed by atoms with Crippen molar-refractivity contribution in [2.24, 2.45) is 0 Å². The van der Waals surface area contributed by atoms with Crippen LogP contribution in [0.4, 0.5) is 0 Å². The Morgan fingerprint density at radius 2 is 2.07 bits per heavy atom. The van der Waals surface area contributed by atoms with Gasteiger partial charge in [-0.3, -0.25) is 4.79 Å². The summed E-state index contributed by atoms with van der Waals surface area (Å²) >= 11 is 2.47. The number of hydrogen-bond acceptors (Lipinski definition) is 7. The third kappa shape index (κ3) is 4.60. The zero-order valence-electron chi connectivity index (χ0n) is 14.6. The van der Waals surface area contributed by atoms with Crippen molar-refractivity contribution in [1.29, 1.82) is 0 Å². The van der Waals surface area contributed by atoms with Crippen molar-refractivity contribution in [2.45, 2.75) is 29.3 Å². The number of thiophene rings is 2. The van der Waals surface area contributed by atoms with E-state index < -0.39 is 25.1 Å². The Balaban J connectivity index is 1.79. The molecule has 1 saturated heterocycles. The minimum absolute atomic E-state index is 0.0501. The van der Waals surface area contributed by atoms with E-state index in [0.29, 0.717) is 0 Å². The van der Waals surface area contributed by atoms with Crippen molar-refractivity contribution in [1.82, 2.24) is 9.62 Å². The molecule has 3 heterocycles.